The predicted octanol–water partition coefficient (Wildman–Crippen LogP) is 4.79. The van der Waals surface area contributed by atoms with Crippen molar-refractivity contribution in [1.82, 2.24) is 15.0 Å². The topological polar surface area (TPSA) is 85.8 Å². The number of anilines is 2. The Labute approximate surface area is 192 Å². The van der Waals surface area contributed by atoms with Gasteiger partial charge in [-0.2, -0.15) is 0 Å². The number of aromatic nitrogens is 3. The summed E-state index contributed by atoms with van der Waals surface area (Å²) >= 11 is 0. The van der Waals surface area contributed by atoms with Gasteiger partial charge in [0.15, 0.2) is 0 Å². The molecule has 4 rings (SSSR count). The summed E-state index contributed by atoms with van der Waals surface area (Å²) in [7, 11) is 0. The summed E-state index contributed by atoms with van der Waals surface area (Å²) in [5, 5.41) is 11.2. The molecule has 7 heteroatoms. The molecule has 0 aliphatic heterocycles. The van der Waals surface area contributed by atoms with Crippen molar-refractivity contribution in [2.24, 2.45) is 0 Å². The van der Waals surface area contributed by atoms with Crippen molar-refractivity contribution in [1.29, 1.82) is 0 Å². The number of nitrogens with one attached hydrogen (secondary N) is 1. The fraction of sp³-hybridized carbons (Fsp3) is 0.192. The maximum absolute atomic E-state index is 13.2. The SMILES string of the molecule is Cc1ccc(CCn2cc(CCC(=O)Nc3cc(-c4ccc(F)cc4)ccc3N)nn2)cc1. The fourth-order valence-electron chi connectivity index (χ4n) is 3.50. The van der Waals surface area contributed by atoms with E-state index in [0.29, 0.717) is 17.8 Å². The van der Waals surface area contributed by atoms with E-state index in [0.717, 1.165) is 29.8 Å². The standard InChI is InChI=1S/C26H26FN5O/c1-18-2-4-19(5-3-18)14-15-32-17-23(30-31-32)11-13-26(33)29-25-16-21(8-12-24(25)28)20-6-9-22(27)10-7-20/h2-10,12,16-17H,11,13-15,28H2,1H3,(H,29,33). The molecule has 3 N–H and O–H groups in total. The van der Waals surface area contributed by atoms with E-state index in [1.807, 2.05) is 12.3 Å². The van der Waals surface area contributed by atoms with Crippen molar-refractivity contribution in [3.05, 3.63) is 95.6 Å². The van der Waals surface area contributed by atoms with Crippen molar-refractivity contribution in [2.45, 2.75) is 32.7 Å². The summed E-state index contributed by atoms with van der Waals surface area (Å²) < 4.78 is 15.0. The molecule has 3 aromatic carbocycles. The second-order valence-corrected chi connectivity index (χ2v) is 8.07. The Morgan fingerprint density at radius 3 is 2.48 bits per heavy atom. The van der Waals surface area contributed by atoms with Crippen molar-refractivity contribution in [3.63, 3.8) is 0 Å². The van der Waals surface area contributed by atoms with E-state index in [1.165, 1.54) is 23.3 Å². The molecule has 1 amide bonds. The van der Waals surface area contributed by atoms with Gasteiger partial charge < -0.3 is 11.1 Å². The van der Waals surface area contributed by atoms with Gasteiger partial charge in [-0.3, -0.25) is 9.48 Å². The van der Waals surface area contributed by atoms with Gasteiger partial charge in [0.1, 0.15) is 5.82 Å². The van der Waals surface area contributed by atoms with Gasteiger partial charge in [0, 0.05) is 25.6 Å². The first-order chi connectivity index (χ1) is 16.0. The van der Waals surface area contributed by atoms with Crippen molar-refractivity contribution in [3.8, 4) is 11.1 Å². The lowest BCUT2D eigenvalue weighted by molar-refractivity contribution is -0.116. The van der Waals surface area contributed by atoms with Crippen LogP contribution in [0.1, 0.15) is 23.2 Å². The first-order valence-corrected chi connectivity index (χ1v) is 10.9. The van der Waals surface area contributed by atoms with E-state index < -0.39 is 0 Å². The van der Waals surface area contributed by atoms with Gasteiger partial charge in [-0.15, -0.1) is 5.10 Å². The third-order valence-corrected chi connectivity index (χ3v) is 5.45. The average Bonchev–Trinajstić information content (AvgIpc) is 3.27. The number of halogens is 1. The monoisotopic (exact) mass is 443 g/mol. The Hall–Kier alpha value is -4.00. The van der Waals surface area contributed by atoms with Crippen LogP contribution in [0.5, 0.6) is 0 Å². The highest BCUT2D eigenvalue weighted by molar-refractivity contribution is 5.95. The lowest BCUT2D eigenvalue weighted by atomic mass is 10.0. The second kappa shape index (κ2) is 10.1. The normalized spacial score (nSPS) is 10.8. The van der Waals surface area contributed by atoms with Crippen LogP contribution in [-0.4, -0.2) is 20.9 Å². The van der Waals surface area contributed by atoms with Gasteiger partial charge in [-0.05, 0) is 54.3 Å². The van der Waals surface area contributed by atoms with E-state index in [9.17, 15) is 9.18 Å². The maximum Gasteiger partial charge on any atom is 0.224 e. The summed E-state index contributed by atoms with van der Waals surface area (Å²) in [6, 6.07) is 20.0. The Balaban J connectivity index is 1.31. The van der Waals surface area contributed by atoms with E-state index in [-0.39, 0.29) is 18.1 Å². The summed E-state index contributed by atoms with van der Waals surface area (Å²) in [6.07, 6.45) is 3.49. The Bertz CT molecular complexity index is 1230. The highest BCUT2D eigenvalue weighted by atomic mass is 19.1. The largest absolute Gasteiger partial charge is 0.397 e. The Morgan fingerprint density at radius 1 is 1.00 bits per heavy atom. The number of rotatable bonds is 8. The third-order valence-electron chi connectivity index (χ3n) is 5.45. The zero-order valence-corrected chi connectivity index (χ0v) is 18.5. The maximum atomic E-state index is 13.2. The molecule has 0 unspecified atom stereocenters. The third kappa shape index (κ3) is 6.04. The number of carbonyl (C=O) groups is 1. The molecule has 0 saturated carbocycles. The summed E-state index contributed by atoms with van der Waals surface area (Å²) in [5.74, 6) is -0.457. The van der Waals surface area contributed by atoms with Gasteiger partial charge in [0.2, 0.25) is 5.91 Å². The Kier molecular flexibility index (Phi) is 6.78. The predicted molar refractivity (Wildman–Crippen MR) is 128 cm³/mol. The molecule has 0 spiro atoms. The molecule has 4 aromatic rings. The van der Waals surface area contributed by atoms with Crippen LogP contribution in [0.25, 0.3) is 11.1 Å². The van der Waals surface area contributed by atoms with Crippen molar-refractivity contribution >= 4 is 17.3 Å². The number of nitrogens with zero attached hydrogens (tertiary/aromatic N) is 3. The van der Waals surface area contributed by atoms with Crippen LogP contribution in [0.3, 0.4) is 0 Å². The Morgan fingerprint density at radius 2 is 1.73 bits per heavy atom. The highest BCUT2D eigenvalue weighted by Gasteiger charge is 2.10. The zero-order valence-electron chi connectivity index (χ0n) is 18.5. The molecule has 0 saturated heterocycles. The van der Waals surface area contributed by atoms with Crippen LogP contribution in [0, 0.1) is 12.7 Å². The van der Waals surface area contributed by atoms with Crippen LogP contribution >= 0.6 is 0 Å². The summed E-state index contributed by atoms with van der Waals surface area (Å²) in [6.45, 7) is 2.80. The quantitative estimate of drug-likeness (QED) is 0.384. The van der Waals surface area contributed by atoms with Gasteiger partial charge in [0.05, 0.1) is 17.1 Å². The fourth-order valence-corrected chi connectivity index (χ4v) is 3.50. The lowest BCUT2D eigenvalue weighted by Gasteiger charge is -2.10. The van der Waals surface area contributed by atoms with Gasteiger partial charge in [0.25, 0.3) is 0 Å². The molecule has 6 nitrogen and oxygen atoms in total. The van der Waals surface area contributed by atoms with Crippen LogP contribution in [0.15, 0.2) is 72.9 Å². The minimum Gasteiger partial charge on any atom is -0.397 e. The van der Waals surface area contributed by atoms with E-state index >= 15 is 0 Å². The number of carbonyl (C=O) groups excluding carboxylic acids is 1. The molecule has 33 heavy (non-hydrogen) atoms. The second-order valence-electron chi connectivity index (χ2n) is 8.07. The highest BCUT2D eigenvalue weighted by Crippen LogP contribution is 2.27. The summed E-state index contributed by atoms with van der Waals surface area (Å²) in [4.78, 5) is 12.5. The molecule has 0 atom stereocenters. The van der Waals surface area contributed by atoms with E-state index in [4.69, 9.17) is 5.73 Å². The first-order valence-electron chi connectivity index (χ1n) is 10.9. The number of aryl methyl sites for hydroxylation is 4. The van der Waals surface area contributed by atoms with E-state index in [1.54, 1.807) is 28.9 Å². The molecule has 1 heterocycles. The zero-order chi connectivity index (χ0) is 23.2. The molecule has 0 aliphatic carbocycles. The number of nitrogens with two attached hydrogens (primary N) is 1. The molecule has 0 aliphatic rings. The molecule has 0 fully saturated rings. The minimum absolute atomic E-state index is 0.160. The minimum atomic E-state index is -0.296. The van der Waals surface area contributed by atoms with Crippen molar-refractivity contribution < 1.29 is 9.18 Å². The molecule has 0 bridgehead atoms. The first kappa shape index (κ1) is 22.2. The van der Waals surface area contributed by atoms with Gasteiger partial charge in [-0.25, -0.2) is 4.39 Å². The molecular formula is C26H26FN5O. The number of amides is 1. The van der Waals surface area contributed by atoms with Crippen LogP contribution < -0.4 is 11.1 Å². The molecular weight excluding hydrogens is 417 g/mol. The molecule has 1 aromatic heterocycles. The number of nitrogen functional groups attached to an aromatic ring is 1. The summed E-state index contributed by atoms with van der Waals surface area (Å²) in [5.41, 5.74) is 12.0. The van der Waals surface area contributed by atoms with Gasteiger partial charge in [-0.1, -0.05) is 53.2 Å². The van der Waals surface area contributed by atoms with E-state index in [2.05, 4.69) is 46.8 Å². The number of benzene rings is 3. The van der Waals surface area contributed by atoms with Crippen LogP contribution in [0.4, 0.5) is 15.8 Å². The van der Waals surface area contributed by atoms with Crippen molar-refractivity contribution in [2.75, 3.05) is 11.1 Å². The van der Waals surface area contributed by atoms with Gasteiger partial charge >= 0.3 is 0 Å². The molecule has 0 radical (unpaired) electrons. The lowest BCUT2D eigenvalue weighted by Crippen LogP contribution is -2.13. The van der Waals surface area contributed by atoms with Crippen LogP contribution in [0.2, 0.25) is 0 Å². The number of hydrogen-bond acceptors (Lipinski definition) is 4. The molecule has 168 valence electrons. The number of hydrogen-bond donors (Lipinski definition) is 2. The smallest absolute Gasteiger partial charge is 0.224 e. The average molecular weight is 444 g/mol. The van der Waals surface area contributed by atoms with Crippen LogP contribution in [-0.2, 0) is 24.2 Å².